The van der Waals surface area contributed by atoms with Gasteiger partial charge in [0, 0.05) is 6.21 Å². The van der Waals surface area contributed by atoms with Gasteiger partial charge in [0.15, 0.2) is 0 Å². The number of hydrogen-bond donors (Lipinski definition) is 0. The van der Waals surface area contributed by atoms with E-state index in [1.807, 2.05) is 0 Å². The summed E-state index contributed by atoms with van der Waals surface area (Å²) in [5.41, 5.74) is 0.408. The summed E-state index contributed by atoms with van der Waals surface area (Å²) in [6, 6.07) is 8.68. The minimum absolute atomic E-state index is 0.171. The molecule has 0 N–H and O–H groups in total. The van der Waals surface area contributed by atoms with Crippen molar-refractivity contribution < 1.29 is 12.8 Å². The van der Waals surface area contributed by atoms with Crippen LogP contribution in [-0.2, 0) is 10.0 Å². The molecule has 1 aromatic carbocycles. The Balaban J connectivity index is 2.28. The highest BCUT2D eigenvalue weighted by Gasteiger charge is 2.12. The van der Waals surface area contributed by atoms with E-state index in [1.165, 1.54) is 24.3 Å². The van der Waals surface area contributed by atoms with Crippen LogP contribution in [0.15, 0.2) is 50.4 Å². The molecule has 0 saturated heterocycles. The van der Waals surface area contributed by atoms with Crippen LogP contribution in [0, 0.1) is 5.82 Å². The zero-order valence-electron chi connectivity index (χ0n) is 8.58. The molecule has 88 valence electrons. The highest BCUT2D eigenvalue weighted by atomic mass is 32.2. The first-order chi connectivity index (χ1) is 8.08. The molecule has 17 heavy (non-hydrogen) atoms. The maximum Gasteiger partial charge on any atom is 0.291 e. The summed E-state index contributed by atoms with van der Waals surface area (Å²) in [5, 5.41) is 1.66. The van der Waals surface area contributed by atoms with Crippen LogP contribution >= 0.6 is 11.3 Å². The van der Waals surface area contributed by atoms with Crippen molar-refractivity contribution in [3.8, 4) is 0 Å². The Kier molecular flexibility index (Phi) is 3.35. The van der Waals surface area contributed by atoms with E-state index in [0.717, 1.165) is 17.6 Å². The van der Waals surface area contributed by atoms with Crippen molar-refractivity contribution in [2.75, 3.05) is 0 Å². The maximum atomic E-state index is 12.9. The predicted molar refractivity (Wildman–Crippen MR) is 65.5 cm³/mol. The van der Waals surface area contributed by atoms with Gasteiger partial charge in [0.25, 0.3) is 10.0 Å². The van der Waals surface area contributed by atoms with Crippen molar-refractivity contribution in [3.05, 3.63) is 53.2 Å². The molecular weight excluding hydrogens is 261 g/mol. The predicted octanol–water partition coefficient (Wildman–Crippen LogP) is 2.70. The van der Waals surface area contributed by atoms with Crippen LogP contribution < -0.4 is 0 Å². The number of benzene rings is 1. The van der Waals surface area contributed by atoms with Gasteiger partial charge in [-0.1, -0.05) is 18.2 Å². The number of rotatable bonds is 3. The molecule has 0 bridgehead atoms. The van der Waals surface area contributed by atoms with Crippen LogP contribution in [0.25, 0.3) is 0 Å². The fourth-order valence-electron chi connectivity index (χ4n) is 1.18. The third-order valence-corrected chi connectivity index (χ3v) is 4.55. The fourth-order valence-corrected chi connectivity index (χ4v) is 3.02. The van der Waals surface area contributed by atoms with E-state index >= 15 is 0 Å². The molecule has 3 nitrogen and oxygen atoms in total. The van der Waals surface area contributed by atoms with Crippen molar-refractivity contribution in [1.82, 2.24) is 0 Å². The summed E-state index contributed by atoms with van der Waals surface area (Å²) < 4.78 is 39.9. The second-order valence-corrected chi connectivity index (χ2v) is 6.00. The smallest absolute Gasteiger partial charge is 0.207 e. The number of sulfonamides is 1. The van der Waals surface area contributed by atoms with Crippen LogP contribution in [0.5, 0.6) is 0 Å². The van der Waals surface area contributed by atoms with Gasteiger partial charge >= 0.3 is 0 Å². The second-order valence-electron chi connectivity index (χ2n) is 3.20. The minimum Gasteiger partial charge on any atom is -0.207 e. The van der Waals surface area contributed by atoms with Crippen molar-refractivity contribution in [1.29, 1.82) is 0 Å². The summed E-state index contributed by atoms with van der Waals surface area (Å²) >= 11 is 1.09. The van der Waals surface area contributed by atoms with Gasteiger partial charge in [-0.05, 0) is 29.1 Å². The first-order valence-corrected chi connectivity index (χ1v) is 6.99. The van der Waals surface area contributed by atoms with Crippen LogP contribution in [0.1, 0.15) is 5.56 Å². The van der Waals surface area contributed by atoms with Crippen LogP contribution in [0.2, 0.25) is 0 Å². The summed E-state index contributed by atoms with van der Waals surface area (Å²) in [4.78, 5) is 0. The zero-order valence-corrected chi connectivity index (χ0v) is 10.2. The SMILES string of the molecule is O=S(=O)(/N=C\c1cccc(F)c1)c1cccs1. The standard InChI is InChI=1S/C11H8FNO2S2/c12-10-4-1-3-9(7-10)8-13-17(14,15)11-5-2-6-16-11/h1-8H/b13-8-. The third kappa shape index (κ3) is 2.98. The van der Waals surface area contributed by atoms with Crippen molar-refractivity contribution in [2.24, 2.45) is 4.40 Å². The Morgan fingerprint density at radius 2 is 2.06 bits per heavy atom. The fraction of sp³-hybridized carbons (Fsp3) is 0. The first-order valence-electron chi connectivity index (χ1n) is 4.67. The molecule has 0 aliphatic rings. The normalized spacial score (nSPS) is 12.1. The van der Waals surface area contributed by atoms with Gasteiger partial charge in [-0.2, -0.15) is 12.8 Å². The maximum absolute atomic E-state index is 12.9. The Bertz CT molecular complexity index is 633. The summed E-state index contributed by atoms with van der Waals surface area (Å²) in [7, 11) is -3.66. The van der Waals surface area contributed by atoms with E-state index in [9.17, 15) is 12.8 Å². The zero-order chi connectivity index (χ0) is 12.3. The molecule has 1 aromatic heterocycles. The van der Waals surface area contributed by atoms with Gasteiger partial charge < -0.3 is 0 Å². The molecule has 0 fully saturated rings. The average molecular weight is 269 g/mol. The molecule has 1 heterocycles. The molecule has 0 atom stereocenters. The van der Waals surface area contributed by atoms with Gasteiger partial charge in [0.1, 0.15) is 10.0 Å². The van der Waals surface area contributed by atoms with Crippen molar-refractivity contribution in [3.63, 3.8) is 0 Å². The largest absolute Gasteiger partial charge is 0.291 e. The lowest BCUT2D eigenvalue weighted by Crippen LogP contribution is -1.94. The Morgan fingerprint density at radius 3 is 2.71 bits per heavy atom. The van der Waals surface area contributed by atoms with Gasteiger partial charge in [-0.15, -0.1) is 11.3 Å². The minimum atomic E-state index is -3.66. The molecule has 0 unspecified atom stereocenters. The molecule has 2 rings (SSSR count). The van der Waals surface area contributed by atoms with Crippen molar-refractivity contribution in [2.45, 2.75) is 4.21 Å². The highest BCUT2D eigenvalue weighted by Crippen LogP contribution is 2.18. The van der Waals surface area contributed by atoms with E-state index in [1.54, 1.807) is 17.5 Å². The molecule has 0 saturated carbocycles. The van der Waals surface area contributed by atoms with E-state index in [4.69, 9.17) is 0 Å². The quantitative estimate of drug-likeness (QED) is 0.804. The molecule has 2 aromatic rings. The van der Waals surface area contributed by atoms with E-state index in [-0.39, 0.29) is 4.21 Å². The van der Waals surface area contributed by atoms with Gasteiger partial charge in [0.05, 0.1) is 0 Å². The number of thiophene rings is 1. The van der Waals surface area contributed by atoms with Gasteiger partial charge in [-0.25, -0.2) is 4.39 Å². The lowest BCUT2D eigenvalue weighted by Gasteiger charge is -1.94. The van der Waals surface area contributed by atoms with Crippen LogP contribution in [0.4, 0.5) is 4.39 Å². The Hall–Kier alpha value is -1.53. The lowest BCUT2D eigenvalue weighted by molar-refractivity contribution is 0.600. The number of halogens is 1. The third-order valence-electron chi connectivity index (χ3n) is 1.94. The lowest BCUT2D eigenvalue weighted by atomic mass is 10.2. The van der Waals surface area contributed by atoms with Gasteiger partial charge in [-0.3, -0.25) is 0 Å². The van der Waals surface area contributed by atoms with Crippen molar-refractivity contribution >= 4 is 27.6 Å². The molecule has 6 heteroatoms. The topological polar surface area (TPSA) is 46.5 Å². The van der Waals surface area contributed by atoms with E-state index < -0.39 is 15.8 Å². The Labute approximate surface area is 102 Å². The second kappa shape index (κ2) is 4.77. The summed E-state index contributed by atoms with van der Waals surface area (Å²) in [5.74, 6) is -0.428. The molecule has 0 amide bonds. The number of hydrogen-bond acceptors (Lipinski definition) is 3. The van der Waals surface area contributed by atoms with Gasteiger partial charge in [0.2, 0.25) is 0 Å². The summed E-state index contributed by atoms with van der Waals surface area (Å²) in [6.45, 7) is 0. The molecule has 0 aliphatic heterocycles. The first kappa shape index (κ1) is 11.9. The Morgan fingerprint density at radius 1 is 1.24 bits per heavy atom. The molecule has 0 radical (unpaired) electrons. The van der Waals surface area contributed by atoms with E-state index in [2.05, 4.69) is 4.40 Å². The molecule has 0 aliphatic carbocycles. The summed E-state index contributed by atoms with van der Waals surface area (Å²) in [6.07, 6.45) is 1.14. The van der Waals surface area contributed by atoms with E-state index in [0.29, 0.717) is 5.56 Å². The molecular formula is C11H8FNO2S2. The number of nitrogens with zero attached hydrogens (tertiary/aromatic N) is 1. The molecule has 0 spiro atoms. The highest BCUT2D eigenvalue weighted by molar-refractivity contribution is 7.92. The monoisotopic (exact) mass is 269 g/mol. The van der Waals surface area contributed by atoms with Crippen LogP contribution in [0.3, 0.4) is 0 Å². The van der Waals surface area contributed by atoms with Crippen LogP contribution in [-0.4, -0.2) is 14.6 Å². The average Bonchev–Trinajstić information content (AvgIpc) is 2.81.